The molecule has 0 saturated heterocycles. The summed E-state index contributed by atoms with van der Waals surface area (Å²) < 4.78 is 5.80. The van der Waals surface area contributed by atoms with Crippen molar-refractivity contribution in [2.24, 2.45) is 5.92 Å². The highest BCUT2D eigenvalue weighted by Gasteiger charge is 2.11. The molecule has 0 N–H and O–H groups in total. The number of rotatable bonds is 6. The van der Waals surface area contributed by atoms with Gasteiger partial charge < -0.3 is 4.74 Å². The second-order valence-corrected chi connectivity index (χ2v) is 3.90. The van der Waals surface area contributed by atoms with Gasteiger partial charge >= 0.3 is 0 Å². The van der Waals surface area contributed by atoms with E-state index >= 15 is 0 Å². The molecule has 0 rings (SSSR count). The Kier molecular flexibility index (Phi) is 6.45. The van der Waals surface area contributed by atoms with Crippen LogP contribution in [0.5, 0.6) is 0 Å². The lowest BCUT2D eigenvalue weighted by Crippen LogP contribution is -2.20. The minimum Gasteiger partial charge on any atom is -0.375 e. The third-order valence-electron chi connectivity index (χ3n) is 2.02. The summed E-state index contributed by atoms with van der Waals surface area (Å²) >= 11 is 0. The molecule has 2 atom stereocenters. The standard InChI is InChI=1S/C11H23O/c1-6-10(5)12-11(7-2)8-9(3)4/h9-11H,1,6-8H2,2-5H3. The predicted octanol–water partition coefficient (Wildman–Crippen LogP) is 3.44. The smallest absolute Gasteiger partial charge is 0.0578 e. The third-order valence-corrected chi connectivity index (χ3v) is 2.02. The van der Waals surface area contributed by atoms with E-state index in [2.05, 4.69) is 34.6 Å². The predicted molar refractivity (Wildman–Crippen MR) is 54.1 cm³/mol. The van der Waals surface area contributed by atoms with Gasteiger partial charge in [-0.3, -0.25) is 0 Å². The van der Waals surface area contributed by atoms with E-state index in [-0.39, 0.29) is 0 Å². The minimum absolute atomic E-state index is 0.314. The van der Waals surface area contributed by atoms with Gasteiger partial charge in [0.05, 0.1) is 12.2 Å². The summed E-state index contributed by atoms with van der Waals surface area (Å²) in [6.07, 6.45) is 3.90. The van der Waals surface area contributed by atoms with E-state index in [1.165, 1.54) is 6.42 Å². The third kappa shape index (κ3) is 5.59. The van der Waals surface area contributed by atoms with E-state index in [0.29, 0.717) is 12.2 Å². The van der Waals surface area contributed by atoms with Gasteiger partial charge in [-0.05, 0) is 32.1 Å². The molecule has 73 valence electrons. The van der Waals surface area contributed by atoms with Crippen LogP contribution in [0.25, 0.3) is 0 Å². The topological polar surface area (TPSA) is 9.23 Å². The molecule has 0 fully saturated rings. The van der Waals surface area contributed by atoms with Crippen molar-refractivity contribution in [3.8, 4) is 0 Å². The van der Waals surface area contributed by atoms with Crippen molar-refractivity contribution in [1.82, 2.24) is 0 Å². The maximum Gasteiger partial charge on any atom is 0.0578 e. The van der Waals surface area contributed by atoms with Crippen LogP contribution in [0.4, 0.5) is 0 Å². The Morgan fingerprint density at radius 3 is 2.17 bits per heavy atom. The van der Waals surface area contributed by atoms with Gasteiger partial charge in [-0.15, -0.1) is 0 Å². The minimum atomic E-state index is 0.314. The van der Waals surface area contributed by atoms with E-state index in [9.17, 15) is 0 Å². The van der Waals surface area contributed by atoms with Gasteiger partial charge in [0.1, 0.15) is 0 Å². The molecule has 0 aromatic carbocycles. The van der Waals surface area contributed by atoms with Crippen LogP contribution in [0.3, 0.4) is 0 Å². The summed E-state index contributed by atoms with van der Waals surface area (Å²) in [6.45, 7) is 12.6. The summed E-state index contributed by atoms with van der Waals surface area (Å²) in [7, 11) is 0. The molecule has 0 bridgehead atoms. The fourth-order valence-corrected chi connectivity index (χ4v) is 1.24. The van der Waals surface area contributed by atoms with Crippen LogP contribution in [0.2, 0.25) is 0 Å². The summed E-state index contributed by atoms with van der Waals surface area (Å²) in [5, 5.41) is 0. The van der Waals surface area contributed by atoms with Gasteiger partial charge in [0.2, 0.25) is 0 Å². The Hall–Kier alpha value is -0.0400. The largest absolute Gasteiger partial charge is 0.375 e. The first kappa shape index (κ1) is 12.0. The zero-order chi connectivity index (χ0) is 9.56. The van der Waals surface area contributed by atoms with E-state index in [1.807, 2.05) is 0 Å². The Morgan fingerprint density at radius 2 is 1.83 bits per heavy atom. The lowest BCUT2D eigenvalue weighted by molar-refractivity contribution is -0.0129. The first-order chi connectivity index (χ1) is 5.60. The van der Waals surface area contributed by atoms with Crippen LogP contribution in [-0.4, -0.2) is 12.2 Å². The molecule has 0 aliphatic heterocycles. The zero-order valence-corrected chi connectivity index (χ0v) is 8.97. The summed E-state index contributed by atoms with van der Waals surface area (Å²) in [5.41, 5.74) is 0. The molecule has 0 aliphatic carbocycles. The summed E-state index contributed by atoms with van der Waals surface area (Å²) in [6, 6.07) is 0. The fraction of sp³-hybridized carbons (Fsp3) is 0.909. The molecule has 0 aromatic rings. The first-order valence-electron chi connectivity index (χ1n) is 5.04. The molecular weight excluding hydrogens is 148 g/mol. The first-order valence-corrected chi connectivity index (χ1v) is 5.04. The van der Waals surface area contributed by atoms with E-state index < -0.39 is 0 Å². The van der Waals surface area contributed by atoms with Crippen molar-refractivity contribution in [2.75, 3.05) is 0 Å². The maximum atomic E-state index is 5.80. The van der Waals surface area contributed by atoms with Gasteiger partial charge in [0.25, 0.3) is 0 Å². The molecule has 0 aromatic heterocycles. The van der Waals surface area contributed by atoms with Crippen molar-refractivity contribution in [3.05, 3.63) is 6.92 Å². The Bertz CT molecular complexity index is 99.2. The Balaban J connectivity index is 3.66. The summed E-state index contributed by atoms with van der Waals surface area (Å²) in [4.78, 5) is 0. The molecule has 1 nitrogen and oxygen atoms in total. The quantitative estimate of drug-likeness (QED) is 0.595. The zero-order valence-electron chi connectivity index (χ0n) is 8.97. The van der Waals surface area contributed by atoms with Crippen LogP contribution in [0, 0.1) is 12.8 Å². The van der Waals surface area contributed by atoms with Crippen molar-refractivity contribution in [3.63, 3.8) is 0 Å². The average molecular weight is 171 g/mol. The van der Waals surface area contributed by atoms with Gasteiger partial charge in [-0.1, -0.05) is 27.7 Å². The van der Waals surface area contributed by atoms with Crippen LogP contribution in [-0.2, 0) is 4.74 Å². The molecular formula is C11H23O. The van der Waals surface area contributed by atoms with Crippen molar-refractivity contribution in [1.29, 1.82) is 0 Å². The van der Waals surface area contributed by atoms with Crippen molar-refractivity contribution in [2.45, 2.75) is 59.2 Å². The van der Waals surface area contributed by atoms with Gasteiger partial charge in [-0.2, -0.15) is 0 Å². The lowest BCUT2D eigenvalue weighted by Gasteiger charge is -2.21. The number of hydrogen-bond acceptors (Lipinski definition) is 1. The monoisotopic (exact) mass is 171 g/mol. The van der Waals surface area contributed by atoms with Crippen molar-refractivity contribution >= 4 is 0 Å². The Morgan fingerprint density at radius 1 is 1.25 bits per heavy atom. The molecule has 12 heavy (non-hydrogen) atoms. The Labute approximate surface area is 77.5 Å². The van der Waals surface area contributed by atoms with Crippen LogP contribution >= 0.6 is 0 Å². The molecule has 2 unspecified atom stereocenters. The molecule has 1 heteroatoms. The van der Waals surface area contributed by atoms with E-state index in [1.54, 1.807) is 0 Å². The highest BCUT2D eigenvalue weighted by atomic mass is 16.5. The van der Waals surface area contributed by atoms with Crippen LogP contribution in [0.1, 0.15) is 47.0 Å². The maximum absolute atomic E-state index is 5.80. The molecule has 0 spiro atoms. The second-order valence-electron chi connectivity index (χ2n) is 3.90. The van der Waals surface area contributed by atoms with Crippen LogP contribution < -0.4 is 0 Å². The number of ether oxygens (including phenoxy) is 1. The average Bonchev–Trinajstić information content (AvgIpc) is 2.02. The lowest BCUT2D eigenvalue weighted by atomic mass is 10.0. The molecule has 0 heterocycles. The van der Waals surface area contributed by atoms with E-state index in [4.69, 9.17) is 4.74 Å². The van der Waals surface area contributed by atoms with Crippen LogP contribution in [0.15, 0.2) is 0 Å². The highest BCUT2D eigenvalue weighted by molar-refractivity contribution is 4.62. The summed E-state index contributed by atoms with van der Waals surface area (Å²) in [5.74, 6) is 0.729. The second kappa shape index (κ2) is 6.47. The molecule has 0 saturated carbocycles. The van der Waals surface area contributed by atoms with Crippen molar-refractivity contribution < 1.29 is 4.74 Å². The normalized spacial score (nSPS) is 16.5. The number of hydrogen-bond donors (Lipinski definition) is 0. The fourth-order valence-electron chi connectivity index (χ4n) is 1.24. The van der Waals surface area contributed by atoms with Gasteiger partial charge in [-0.25, -0.2) is 0 Å². The van der Waals surface area contributed by atoms with Gasteiger partial charge in [0.15, 0.2) is 0 Å². The highest BCUT2D eigenvalue weighted by Crippen LogP contribution is 2.14. The molecule has 0 aliphatic rings. The molecule has 1 radical (unpaired) electrons. The van der Waals surface area contributed by atoms with Gasteiger partial charge in [0, 0.05) is 0 Å². The molecule has 0 amide bonds. The van der Waals surface area contributed by atoms with E-state index in [0.717, 1.165) is 18.8 Å². The SMILES string of the molecule is [CH2]CC(C)OC(CC)CC(C)C.